The van der Waals surface area contributed by atoms with E-state index in [9.17, 15) is 15.2 Å². The van der Waals surface area contributed by atoms with E-state index < -0.39 is 17.1 Å². The fourth-order valence-electron chi connectivity index (χ4n) is 1.68. The fraction of sp³-hybridized carbons (Fsp3) is 0.364. The van der Waals surface area contributed by atoms with E-state index in [4.69, 9.17) is 5.11 Å². The van der Waals surface area contributed by atoms with Crippen molar-refractivity contribution < 1.29 is 15.1 Å². The molecule has 1 aromatic rings. The van der Waals surface area contributed by atoms with Crippen molar-refractivity contribution in [3.8, 4) is 0 Å². The Hall–Kier alpha value is -2.19. The van der Waals surface area contributed by atoms with Crippen molar-refractivity contribution >= 4 is 17.3 Å². The molecule has 0 unspecified atom stereocenters. The Balaban J connectivity index is 2.03. The third-order valence-electron chi connectivity index (χ3n) is 2.76. The highest BCUT2D eigenvalue weighted by atomic mass is 16.6. The highest BCUT2D eigenvalue weighted by Crippen LogP contribution is 2.15. The van der Waals surface area contributed by atoms with Crippen LogP contribution in [-0.2, 0) is 0 Å². The first kappa shape index (κ1) is 13.2. The Labute approximate surface area is 108 Å². The first-order valence-corrected chi connectivity index (χ1v) is 5.71. The van der Waals surface area contributed by atoms with Crippen LogP contribution >= 0.6 is 0 Å². The van der Waals surface area contributed by atoms with Crippen LogP contribution in [-0.4, -0.2) is 46.4 Å². The molecule has 0 fully saturated rings. The second-order valence-electron chi connectivity index (χ2n) is 4.12. The van der Waals surface area contributed by atoms with Gasteiger partial charge < -0.3 is 20.8 Å². The van der Waals surface area contributed by atoms with E-state index >= 15 is 0 Å². The highest BCUT2D eigenvalue weighted by Gasteiger charge is 2.23. The van der Waals surface area contributed by atoms with Gasteiger partial charge in [-0.15, -0.1) is 0 Å². The molecule has 2 rings (SSSR count). The number of hydrogen-bond acceptors (Lipinski definition) is 7. The molecule has 1 aromatic carbocycles. The van der Waals surface area contributed by atoms with Crippen molar-refractivity contribution in [2.45, 2.75) is 12.1 Å². The molecule has 1 heterocycles. The van der Waals surface area contributed by atoms with Gasteiger partial charge >= 0.3 is 0 Å². The first-order valence-electron chi connectivity index (χ1n) is 5.71. The zero-order chi connectivity index (χ0) is 13.8. The van der Waals surface area contributed by atoms with E-state index in [0.717, 1.165) is 0 Å². The van der Waals surface area contributed by atoms with Crippen LogP contribution in [0.1, 0.15) is 0 Å². The van der Waals surface area contributed by atoms with E-state index in [0.29, 0.717) is 11.6 Å². The number of non-ortho nitro benzene ring substituents is 1. The molecular weight excluding hydrogens is 252 g/mol. The van der Waals surface area contributed by atoms with Crippen molar-refractivity contribution in [1.29, 1.82) is 0 Å². The van der Waals surface area contributed by atoms with Gasteiger partial charge in [-0.25, -0.2) is 0 Å². The van der Waals surface area contributed by atoms with Gasteiger partial charge in [0.15, 0.2) is 5.96 Å². The number of aliphatic imine (C=N–C) groups is 1. The van der Waals surface area contributed by atoms with Crippen LogP contribution in [0, 0.1) is 10.1 Å². The number of aliphatic hydroxyl groups excluding tert-OH is 2. The van der Waals surface area contributed by atoms with Crippen molar-refractivity contribution in [2.75, 3.05) is 18.5 Å². The van der Waals surface area contributed by atoms with Crippen LogP contribution in [0.2, 0.25) is 0 Å². The van der Waals surface area contributed by atoms with Gasteiger partial charge in [0.2, 0.25) is 0 Å². The summed E-state index contributed by atoms with van der Waals surface area (Å²) < 4.78 is 0. The molecular formula is C11H14N4O4. The lowest BCUT2D eigenvalue weighted by molar-refractivity contribution is -0.384. The van der Waals surface area contributed by atoms with E-state index in [1.807, 2.05) is 0 Å². The molecule has 1 aliphatic heterocycles. The molecule has 2 atom stereocenters. The molecule has 19 heavy (non-hydrogen) atoms. The van der Waals surface area contributed by atoms with Gasteiger partial charge in [-0.2, -0.15) is 0 Å². The third-order valence-corrected chi connectivity index (χ3v) is 2.76. The SMILES string of the molecule is O=[N+]([O-])c1ccc(NC2=NC[C@H](O)[C@@H](CO)N2)cc1. The molecule has 0 aromatic heterocycles. The Kier molecular flexibility index (Phi) is 3.93. The molecule has 4 N–H and O–H groups in total. The van der Waals surface area contributed by atoms with Gasteiger partial charge in [0.05, 0.1) is 30.2 Å². The Morgan fingerprint density at radius 2 is 2.16 bits per heavy atom. The zero-order valence-corrected chi connectivity index (χ0v) is 9.98. The lowest BCUT2D eigenvalue weighted by Crippen LogP contribution is -2.52. The summed E-state index contributed by atoms with van der Waals surface area (Å²) in [5.74, 6) is 0.415. The maximum atomic E-state index is 10.5. The highest BCUT2D eigenvalue weighted by molar-refractivity contribution is 5.94. The van der Waals surface area contributed by atoms with Crippen molar-refractivity contribution in [1.82, 2.24) is 5.32 Å². The van der Waals surface area contributed by atoms with E-state index in [1.54, 1.807) is 12.1 Å². The maximum absolute atomic E-state index is 10.5. The van der Waals surface area contributed by atoms with E-state index in [1.165, 1.54) is 12.1 Å². The van der Waals surface area contributed by atoms with Gasteiger partial charge in [-0.1, -0.05) is 0 Å². The number of anilines is 1. The van der Waals surface area contributed by atoms with Crippen molar-refractivity contribution in [3.63, 3.8) is 0 Å². The molecule has 8 heteroatoms. The number of guanidine groups is 1. The topological polar surface area (TPSA) is 120 Å². The van der Waals surface area contributed by atoms with Crippen molar-refractivity contribution in [3.05, 3.63) is 34.4 Å². The molecule has 0 radical (unpaired) electrons. The van der Waals surface area contributed by atoms with Gasteiger partial charge in [-0.3, -0.25) is 15.1 Å². The predicted octanol–water partition coefficient (Wildman–Crippen LogP) is -0.312. The van der Waals surface area contributed by atoms with Gasteiger partial charge in [-0.05, 0) is 12.1 Å². The maximum Gasteiger partial charge on any atom is 0.269 e. The van der Waals surface area contributed by atoms with Crippen LogP contribution in [0.25, 0.3) is 0 Å². The summed E-state index contributed by atoms with van der Waals surface area (Å²) >= 11 is 0. The molecule has 102 valence electrons. The number of benzene rings is 1. The number of nitrogens with zero attached hydrogens (tertiary/aromatic N) is 2. The van der Waals surface area contributed by atoms with Crippen LogP contribution in [0.3, 0.4) is 0 Å². The second kappa shape index (κ2) is 5.63. The predicted molar refractivity (Wildman–Crippen MR) is 69.0 cm³/mol. The van der Waals surface area contributed by atoms with Crippen LogP contribution in [0.15, 0.2) is 29.3 Å². The molecule has 0 spiro atoms. The molecule has 1 aliphatic rings. The quantitative estimate of drug-likeness (QED) is 0.440. The van der Waals surface area contributed by atoms with Crippen molar-refractivity contribution in [2.24, 2.45) is 4.99 Å². The second-order valence-corrected chi connectivity index (χ2v) is 4.12. The minimum atomic E-state index is -0.729. The van der Waals surface area contributed by atoms with Gasteiger partial charge in [0, 0.05) is 17.8 Å². The lowest BCUT2D eigenvalue weighted by atomic mass is 10.1. The average Bonchev–Trinajstić information content (AvgIpc) is 2.41. The lowest BCUT2D eigenvalue weighted by Gasteiger charge is -2.27. The number of rotatable bonds is 3. The summed E-state index contributed by atoms with van der Waals surface area (Å²) in [7, 11) is 0. The van der Waals surface area contributed by atoms with Crippen LogP contribution < -0.4 is 10.6 Å². The number of nitro groups is 1. The minimum absolute atomic E-state index is 0.00718. The Bertz CT molecular complexity index is 488. The summed E-state index contributed by atoms with van der Waals surface area (Å²) in [5, 5.41) is 34.9. The van der Waals surface area contributed by atoms with Gasteiger partial charge in [0.1, 0.15) is 0 Å². The summed E-state index contributed by atoms with van der Waals surface area (Å²) in [6.45, 7) is -0.0182. The molecule has 0 amide bonds. The molecule has 0 saturated heterocycles. The Morgan fingerprint density at radius 1 is 1.47 bits per heavy atom. The fourth-order valence-corrected chi connectivity index (χ4v) is 1.68. The number of nitro benzene ring substituents is 1. The average molecular weight is 266 g/mol. The zero-order valence-electron chi connectivity index (χ0n) is 9.98. The minimum Gasteiger partial charge on any atom is -0.394 e. The van der Waals surface area contributed by atoms with Crippen LogP contribution in [0.5, 0.6) is 0 Å². The summed E-state index contributed by atoms with van der Waals surface area (Å²) in [6, 6.07) is 5.40. The number of aliphatic hydroxyl groups is 2. The number of nitrogens with one attached hydrogen (secondary N) is 2. The summed E-state index contributed by atoms with van der Waals surface area (Å²) in [4.78, 5) is 14.1. The van der Waals surface area contributed by atoms with E-state index in [2.05, 4.69) is 15.6 Å². The Morgan fingerprint density at radius 3 is 2.74 bits per heavy atom. The van der Waals surface area contributed by atoms with Gasteiger partial charge in [0.25, 0.3) is 5.69 Å². The van der Waals surface area contributed by atoms with Crippen LogP contribution in [0.4, 0.5) is 11.4 Å². The summed E-state index contributed by atoms with van der Waals surface area (Å²) in [5.41, 5.74) is 0.637. The monoisotopic (exact) mass is 266 g/mol. The third kappa shape index (κ3) is 3.18. The molecule has 0 saturated carbocycles. The molecule has 0 aliphatic carbocycles. The normalized spacial score (nSPS) is 22.3. The standard InChI is InChI=1S/C11H14N4O4/c16-6-9-10(17)5-12-11(14-9)13-7-1-3-8(4-2-7)15(18)19/h1-4,9-10,16-17H,5-6H2,(H2,12,13,14)/t9-,10+/m1/s1. The largest absolute Gasteiger partial charge is 0.394 e. The number of hydrogen-bond donors (Lipinski definition) is 4. The molecule has 0 bridgehead atoms. The van der Waals surface area contributed by atoms with E-state index in [-0.39, 0.29) is 18.8 Å². The first-order chi connectivity index (χ1) is 9.10. The summed E-state index contributed by atoms with van der Waals surface area (Å²) in [6.07, 6.45) is -0.729. The smallest absolute Gasteiger partial charge is 0.269 e. The molecule has 8 nitrogen and oxygen atoms in total.